The number of aromatic nitrogens is 3. The lowest BCUT2D eigenvalue weighted by Gasteiger charge is -2.33. The van der Waals surface area contributed by atoms with Gasteiger partial charge >= 0.3 is 0 Å². The van der Waals surface area contributed by atoms with Crippen molar-refractivity contribution in [3.63, 3.8) is 0 Å². The molecule has 1 amide bonds. The summed E-state index contributed by atoms with van der Waals surface area (Å²) in [4.78, 5) is 28.6. The molecule has 29 heavy (non-hydrogen) atoms. The standard InChI is InChI=1S/C22H21ClN4OS/c23-20-6-2-1-5-18(20)19-12-25-15-26-22(19)16-4-3-11-27(13-16)21(28)14-29-17-7-9-24-10-8-17/h1-2,5-10,12,15-16H,3-4,11,13-14H2. The number of halogens is 1. The summed E-state index contributed by atoms with van der Waals surface area (Å²) in [6, 6.07) is 11.6. The van der Waals surface area contributed by atoms with Gasteiger partial charge in [-0.25, -0.2) is 9.97 Å². The van der Waals surface area contributed by atoms with Crippen LogP contribution in [0.4, 0.5) is 0 Å². The molecule has 1 aliphatic rings. The van der Waals surface area contributed by atoms with Crippen LogP contribution in [0.15, 0.2) is 66.2 Å². The highest BCUT2D eigenvalue weighted by Gasteiger charge is 2.27. The van der Waals surface area contributed by atoms with Crippen molar-refractivity contribution >= 4 is 29.3 Å². The van der Waals surface area contributed by atoms with Gasteiger partial charge in [0.2, 0.25) is 5.91 Å². The molecule has 3 aromatic rings. The first-order chi connectivity index (χ1) is 14.2. The van der Waals surface area contributed by atoms with Crippen molar-refractivity contribution in [2.75, 3.05) is 18.8 Å². The van der Waals surface area contributed by atoms with E-state index in [4.69, 9.17) is 11.6 Å². The Balaban J connectivity index is 1.49. The number of nitrogens with zero attached hydrogens (tertiary/aromatic N) is 4. The fraction of sp³-hybridized carbons (Fsp3) is 0.273. The smallest absolute Gasteiger partial charge is 0.232 e. The minimum absolute atomic E-state index is 0.157. The molecule has 7 heteroatoms. The summed E-state index contributed by atoms with van der Waals surface area (Å²) in [5, 5.41) is 0.682. The second-order valence-corrected chi connectivity index (χ2v) is 8.41. The van der Waals surface area contributed by atoms with Crippen LogP contribution in [-0.2, 0) is 4.79 Å². The van der Waals surface area contributed by atoms with Crippen LogP contribution in [0.25, 0.3) is 11.1 Å². The Bertz CT molecular complexity index is 985. The zero-order valence-electron chi connectivity index (χ0n) is 15.9. The summed E-state index contributed by atoms with van der Waals surface area (Å²) in [6.45, 7) is 1.46. The SMILES string of the molecule is O=C(CSc1ccncc1)N1CCCC(c2ncncc2-c2ccccc2Cl)C1. The summed E-state index contributed by atoms with van der Waals surface area (Å²) < 4.78 is 0. The van der Waals surface area contributed by atoms with Gasteiger partial charge in [0.1, 0.15) is 6.33 Å². The number of hydrogen-bond donors (Lipinski definition) is 0. The first-order valence-electron chi connectivity index (χ1n) is 9.58. The molecular weight excluding hydrogens is 404 g/mol. The molecule has 1 saturated heterocycles. The predicted octanol–water partition coefficient (Wildman–Crippen LogP) is 4.69. The van der Waals surface area contributed by atoms with Gasteiger partial charge in [-0.15, -0.1) is 11.8 Å². The van der Waals surface area contributed by atoms with Crippen molar-refractivity contribution in [1.29, 1.82) is 0 Å². The molecule has 1 aliphatic heterocycles. The average molecular weight is 425 g/mol. The first kappa shape index (κ1) is 19.9. The number of piperidine rings is 1. The highest BCUT2D eigenvalue weighted by atomic mass is 35.5. The van der Waals surface area contributed by atoms with Gasteiger partial charge in [-0.2, -0.15) is 0 Å². The van der Waals surface area contributed by atoms with Gasteiger partial charge in [-0.1, -0.05) is 29.8 Å². The predicted molar refractivity (Wildman–Crippen MR) is 116 cm³/mol. The molecule has 1 fully saturated rings. The van der Waals surface area contributed by atoms with E-state index in [1.165, 1.54) is 0 Å². The number of carbonyl (C=O) groups excluding carboxylic acids is 1. The van der Waals surface area contributed by atoms with Crippen molar-refractivity contribution in [1.82, 2.24) is 19.9 Å². The van der Waals surface area contributed by atoms with Gasteiger partial charge < -0.3 is 4.90 Å². The number of pyridine rings is 1. The maximum atomic E-state index is 12.8. The Hall–Kier alpha value is -2.44. The van der Waals surface area contributed by atoms with Crippen LogP contribution in [-0.4, -0.2) is 44.6 Å². The molecular formula is C22H21ClN4OS. The lowest BCUT2D eigenvalue weighted by molar-refractivity contribution is -0.129. The monoisotopic (exact) mass is 424 g/mol. The fourth-order valence-corrected chi connectivity index (χ4v) is 4.67. The molecule has 0 aliphatic carbocycles. The van der Waals surface area contributed by atoms with E-state index in [2.05, 4.69) is 15.0 Å². The Morgan fingerprint density at radius 1 is 1.14 bits per heavy atom. The van der Waals surface area contributed by atoms with E-state index in [9.17, 15) is 4.79 Å². The fourth-order valence-electron chi connectivity index (χ4n) is 3.65. The summed E-state index contributed by atoms with van der Waals surface area (Å²) >= 11 is 7.97. The van der Waals surface area contributed by atoms with E-state index >= 15 is 0 Å². The molecule has 1 atom stereocenters. The molecule has 5 nitrogen and oxygen atoms in total. The van der Waals surface area contributed by atoms with Gasteiger partial charge in [0.15, 0.2) is 0 Å². The minimum atomic E-state index is 0.157. The van der Waals surface area contributed by atoms with Crippen molar-refractivity contribution < 1.29 is 4.79 Å². The molecule has 0 bridgehead atoms. The largest absolute Gasteiger partial charge is 0.341 e. The van der Waals surface area contributed by atoms with E-state index in [1.54, 1.807) is 30.5 Å². The topological polar surface area (TPSA) is 59.0 Å². The van der Waals surface area contributed by atoms with Gasteiger partial charge in [0, 0.05) is 58.6 Å². The lowest BCUT2D eigenvalue weighted by atomic mass is 9.90. The number of rotatable bonds is 5. The third-order valence-corrected chi connectivity index (χ3v) is 6.41. The third kappa shape index (κ3) is 4.77. The minimum Gasteiger partial charge on any atom is -0.341 e. The zero-order chi connectivity index (χ0) is 20.1. The Morgan fingerprint density at radius 2 is 1.97 bits per heavy atom. The van der Waals surface area contributed by atoms with Gasteiger partial charge in [-0.3, -0.25) is 9.78 Å². The second kappa shape index (κ2) is 9.37. The number of likely N-dealkylation sites (tertiary alicyclic amines) is 1. The Labute approximate surface area is 179 Å². The third-order valence-electron chi connectivity index (χ3n) is 5.08. The van der Waals surface area contributed by atoms with Crippen LogP contribution >= 0.6 is 23.4 Å². The molecule has 1 aromatic carbocycles. The summed E-state index contributed by atoms with van der Waals surface area (Å²) in [5.74, 6) is 0.760. The van der Waals surface area contributed by atoms with Gasteiger partial charge in [0.25, 0.3) is 0 Å². The Kier molecular flexibility index (Phi) is 6.42. The number of hydrogen-bond acceptors (Lipinski definition) is 5. The van der Waals surface area contributed by atoms with E-state index < -0.39 is 0 Å². The van der Waals surface area contributed by atoms with Crippen LogP contribution in [0.2, 0.25) is 5.02 Å². The lowest BCUT2D eigenvalue weighted by Crippen LogP contribution is -2.40. The van der Waals surface area contributed by atoms with E-state index in [1.807, 2.05) is 47.5 Å². The molecule has 0 saturated carbocycles. The van der Waals surface area contributed by atoms with E-state index in [0.717, 1.165) is 41.1 Å². The van der Waals surface area contributed by atoms with Crippen LogP contribution < -0.4 is 0 Å². The van der Waals surface area contributed by atoms with Crippen LogP contribution in [0.5, 0.6) is 0 Å². The molecule has 148 valence electrons. The molecule has 1 unspecified atom stereocenters. The number of thioether (sulfide) groups is 1. The van der Waals surface area contributed by atoms with Crippen LogP contribution in [0.3, 0.4) is 0 Å². The summed E-state index contributed by atoms with van der Waals surface area (Å²) in [5.41, 5.74) is 2.84. The molecule has 0 spiro atoms. The van der Waals surface area contributed by atoms with Gasteiger partial charge in [0.05, 0.1) is 11.4 Å². The van der Waals surface area contributed by atoms with Crippen molar-refractivity contribution in [2.24, 2.45) is 0 Å². The quantitative estimate of drug-likeness (QED) is 0.556. The molecule has 0 N–H and O–H groups in total. The highest BCUT2D eigenvalue weighted by molar-refractivity contribution is 8.00. The van der Waals surface area contributed by atoms with E-state index in [0.29, 0.717) is 17.3 Å². The number of amides is 1. The number of carbonyl (C=O) groups is 1. The first-order valence-corrected chi connectivity index (χ1v) is 10.9. The van der Waals surface area contributed by atoms with Crippen molar-refractivity contribution in [2.45, 2.75) is 23.7 Å². The average Bonchev–Trinajstić information content (AvgIpc) is 2.78. The van der Waals surface area contributed by atoms with Crippen LogP contribution in [0.1, 0.15) is 24.5 Å². The van der Waals surface area contributed by atoms with Crippen LogP contribution in [0, 0.1) is 0 Å². The maximum Gasteiger partial charge on any atom is 0.232 e. The van der Waals surface area contributed by atoms with E-state index in [-0.39, 0.29) is 11.8 Å². The van der Waals surface area contributed by atoms with Crippen molar-refractivity contribution in [3.8, 4) is 11.1 Å². The molecule has 3 heterocycles. The second-order valence-electron chi connectivity index (χ2n) is 6.95. The number of benzene rings is 1. The normalized spacial score (nSPS) is 16.6. The zero-order valence-corrected chi connectivity index (χ0v) is 17.4. The highest BCUT2D eigenvalue weighted by Crippen LogP contribution is 2.35. The Morgan fingerprint density at radius 3 is 2.79 bits per heavy atom. The maximum absolute atomic E-state index is 12.8. The summed E-state index contributed by atoms with van der Waals surface area (Å²) in [7, 11) is 0. The van der Waals surface area contributed by atoms with Crippen molar-refractivity contribution in [3.05, 3.63) is 72.0 Å². The van der Waals surface area contributed by atoms with Gasteiger partial charge in [-0.05, 0) is 31.0 Å². The molecule has 0 radical (unpaired) electrons. The molecule has 4 rings (SSSR count). The summed E-state index contributed by atoms with van der Waals surface area (Å²) in [6.07, 6.45) is 8.85. The molecule has 2 aromatic heterocycles.